The van der Waals surface area contributed by atoms with Gasteiger partial charge in [0.15, 0.2) is 0 Å². The maximum Gasteiger partial charge on any atom is 0.0480 e. The molecule has 1 rings (SSSR count). The van der Waals surface area contributed by atoms with Crippen LogP contribution in [0.5, 0.6) is 0 Å². The second-order valence-corrected chi connectivity index (χ2v) is 4.49. The van der Waals surface area contributed by atoms with E-state index in [4.69, 9.17) is 4.74 Å². The summed E-state index contributed by atoms with van der Waals surface area (Å²) in [6.07, 6.45) is 6.34. The highest BCUT2D eigenvalue weighted by molar-refractivity contribution is 4.75. The minimum absolute atomic E-state index is 0.780. The largest absolute Gasteiger partial charge is 0.381 e. The van der Waals surface area contributed by atoms with Crippen molar-refractivity contribution in [1.29, 1.82) is 0 Å². The van der Waals surface area contributed by atoms with Gasteiger partial charge in [-0.1, -0.05) is 0 Å². The van der Waals surface area contributed by atoms with Crippen molar-refractivity contribution in [1.82, 2.24) is 10.2 Å². The molecule has 0 aliphatic carbocycles. The fraction of sp³-hybridized carbons (Fsp3) is 1.00. The Morgan fingerprint density at radius 3 is 2.87 bits per heavy atom. The van der Waals surface area contributed by atoms with Gasteiger partial charge in [0.1, 0.15) is 0 Å². The van der Waals surface area contributed by atoms with Gasteiger partial charge < -0.3 is 15.0 Å². The first-order valence-electron chi connectivity index (χ1n) is 6.27. The van der Waals surface area contributed by atoms with Crippen LogP contribution in [0.1, 0.15) is 32.1 Å². The van der Waals surface area contributed by atoms with E-state index in [0.29, 0.717) is 0 Å². The summed E-state index contributed by atoms with van der Waals surface area (Å²) in [5.41, 5.74) is 0. The molecule has 0 amide bonds. The molecule has 1 aliphatic rings. The standard InChI is InChI=1S/C12H26N2O/c1-13-8-3-4-10-15-11-7-12-6-5-9-14(12)2/h12-13H,3-11H2,1-2H3. The molecule has 1 aliphatic heterocycles. The maximum absolute atomic E-state index is 5.64. The van der Waals surface area contributed by atoms with Crippen molar-refractivity contribution in [2.45, 2.75) is 38.1 Å². The highest BCUT2D eigenvalue weighted by Crippen LogP contribution is 2.17. The van der Waals surface area contributed by atoms with E-state index in [1.54, 1.807) is 0 Å². The first-order valence-corrected chi connectivity index (χ1v) is 6.27. The molecule has 90 valence electrons. The van der Waals surface area contributed by atoms with E-state index in [2.05, 4.69) is 17.3 Å². The molecule has 0 saturated carbocycles. The van der Waals surface area contributed by atoms with Gasteiger partial charge in [0.2, 0.25) is 0 Å². The van der Waals surface area contributed by atoms with Crippen LogP contribution in [-0.4, -0.2) is 51.3 Å². The third-order valence-corrected chi connectivity index (χ3v) is 3.23. The van der Waals surface area contributed by atoms with E-state index in [0.717, 1.165) is 25.8 Å². The molecule has 0 bridgehead atoms. The van der Waals surface area contributed by atoms with E-state index in [1.165, 1.54) is 38.6 Å². The van der Waals surface area contributed by atoms with Crippen LogP contribution >= 0.6 is 0 Å². The Morgan fingerprint density at radius 1 is 1.33 bits per heavy atom. The predicted octanol–water partition coefficient (Wildman–Crippen LogP) is 1.49. The summed E-state index contributed by atoms with van der Waals surface area (Å²) in [5.74, 6) is 0. The van der Waals surface area contributed by atoms with Crippen LogP contribution in [0.25, 0.3) is 0 Å². The molecule has 1 fully saturated rings. The lowest BCUT2D eigenvalue weighted by Crippen LogP contribution is -2.26. The molecule has 0 aromatic rings. The molecule has 3 heteroatoms. The van der Waals surface area contributed by atoms with Crippen LogP contribution in [0.15, 0.2) is 0 Å². The van der Waals surface area contributed by atoms with E-state index in [1.807, 2.05) is 7.05 Å². The summed E-state index contributed by atoms with van der Waals surface area (Å²) >= 11 is 0. The maximum atomic E-state index is 5.64. The lowest BCUT2D eigenvalue weighted by atomic mass is 10.1. The monoisotopic (exact) mass is 214 g/mol. The van der Waals surface area contributed by atoms with Gasteiger partial charge in [-0.25, -0.2) is 0 Å². The Kier molecular flexibility index (Phi) is 6.98. The highest BCUT2D eigenvalue weighted by Gasteiger charge is 2.19. The fourth-order valence-corrected chi connectivity index (χ4v) is 2.17. The average Bonchev–Trinajstić information content (AvgIpc) is 2.63. The van der Waals surface area contributed by atoms with Crippen LogP contribution in [0.3, 0.4) is 0 Å². The topological polar surface area (TPSA) is 24.5 Å². The molecule has 1 heterocycles. The molecule has 1 atom stereocenters. The molecular formula is C12H26N2O. The van der Waals surface area contributed by atoms with Crippen molar-refractivity contribution >= 4 is 0 Å². The van der Waals surface area contributed by atoms with Crippen molar-refractivity contribution in [2.24, 2.45) is 0 Å². The summed E-state index contributed by atoms with van der Waals surface area (Å²) in [4.78, 5) is 2.46. The van der Waals surface area contributed by atoms with Crippen molar-refractivity contribution < 1.29 is 4.74 Å². The summed E-state index contributed by atoms with van der Waals surface area (Å²) < 4.78 is 5.64. The minimum Gasteiger partial charge on any atom is -0.381 e. The molecule has 15 heavy (non-hydrogen) atoms. The van der Waals surface area contributed by atoms with Crippen LogP contribution in [0, 0.1) is 0 Å². The van der Waals surface area contributed by atoms with Gasteiger partial charge in [0, 0.05) is 19.3 Å². The minimum atomic E-state index is 0.780. The normalized spacial score (nSPS) is 22.4. The Bertz CT molecular complexity index is 153. The smallest absolute Gasteiger partial charge is 0.0480 e. The summed E-state index contributed by atoms with van der Waals surface area (Å²) in [6, 6.07) is 0.780. The summed E-state index contributed by atoms with van der Waals surface area (Å²) in [5, 5.41) is 3.15. The second kappa shape index (κ2) is 8.08. The Hall–Kier alpha value is -0.120. The number of unbranched alkanes of at least 4 members (excludes halogenated alkanes) is 1. The van der Waals surface area contributed by atoms with E-state index >= 15 is 0 Å². The van der Waals surface area contributed by atoms with Crippen LogP contribution < -0.4 is 5.32 Å². The van der Waals surface area contributed by atoms with Crippen LogP contribution in [0.2, 0.25) is 0 Å². The van der Waals surface area contributed by atoms with Crippen molar-refractivity contribution in [3.63, 3.8) is 0 Å². The number of rotatable bonds is 8. The zero-order chi connectivity index (χ0) is 10.9. The van der Waals surface area contributed by atoms with Gasteiger partial charge in [-0.15, -0.1) is 0 Å². The van der Waals surface area contributed by atoms with Crippen molar-refractivity contribution in [3.05, 3.63) is 0 Å². The van der Waals surface area contributed by atoms with Gasteiger partial charge in [-0.2, -0.15) is 0 Å². The molecule has 0 aromatic heterocycles. The number of ether oxygens (including phenoxy) is 1. The molecular weight excluding hydrogens is 188 g/mol. The lowest BCUT2D eigenvalue weighted by Gasteiger charge is -2.18. The number of likely N-dealkylation sites (tertiary alicyclic amines) is 1. The van der Waals surface area contributed by atoms with E-state index in [-0.39, 0.29) is 0 Å². The Balaban J connectivity index is 1.84. The number of hydrogen-bond acceptors (Lipinski definition) is 3. The molecule has 1 unspecified atom stereocenters. The predicted molar refractivity (Wildman–Crippen MR) is 64.2 cm³/mol. The van der Waals surface area contributed by atoms with Crippen molar-refractivity contribution in [2.75, 3.05) is 40.4 Å². The molecule has 0 radical (unpaired) electrons. The zero-order valence-corrected chi connectivity index (χ0v) is 10.3. The fourth-order valence-electron chi connectivity index (χ4n) is 2.17. The van der Waals surface area contributed by atoms with Gasteiger partial charge in [-0.05, 0) is 59.3 Å². The molecule has 3 nitrogen and oxygen atoms in total. The van der Waals surface area contributed by atoms with E-state index in [9.17, 15) is 0 Å². The van der Waals surface area contributed by atoms with Gasteiger partial charge in [0.05, 0.1) is 0 Å². The first kappa shape index (κ1) is 12.9. The van der Waals surface area contributed by atoms with Gasteiger partial charge >= 0.3 is 0 Å². The van der Waals surface area contributed by atoms with Crippen LogP contribution in [0.4, 0.5) is 0 Å². The third kappa shape index (κ3) is 5.50. The van der Waals surface area contributed by atoms with Crippen LogP contribution in [-0.2, 0) is 4.74 Å². The zero-order valence-electron chi connectivity index (χ0n) is 10.3. The number of nitrogens with one attached hydrogen (secondary N) is 1. The van der Waals surface area contributed by atoms with Crippen molar-refractivity contribution in [3.8, 4) is 0 Å². The average molecular weight is 214 g/mol. The first-order chi connectivity index (χ1) is 7.34. The lowest BCUT2D eigenvalue weighted by molar-refractivity contribution is 0.110. The van der Waals surface area contributed by atoms with E-state index < -0.39 is 0 Å². The Morgan fingerprint density at radius 2 is 2.20 bits per heavy atom. The Labute approximate surface area is 94.2 Å². The summed E-state index contributed by atoms with van der Waals surface area (Å²) in [6.45, 7) is 4.24. The SMILES string of the molecule is CNCCCCOCCC1CCCN1C. The van der Waals surface area contributed by atoms with Gasteiger partial charge in [0.25, 0.3) is 0 Å². The number of nitrogens with zero attached hydrogens (tertiary/aromatic N) is 1. The third-order valence-electron chi connectivity index (χ3n) is 3.23. The molecule has 1 N–H and O–H groups in total. The second-order valence-electron chi connectivity index (χ2n) is 4.49. The number of hydrogen-bond donors (Lipinski definition) is 1. The molecule has 1 saturated heterocycles. The quantitative estimate of drug-likeness (QED) is 0.620. The highest BCUT2D eigenvalue weighted by atomic mass is 16.5. The molecule has 0 aromatic carbocycles. The van der Waals surface area contributed by atoms with Gasteiger partial charge in [-0.3, -0.25) is 0 Å². The summed E-state index contributed by atoms with van der Waals surface area (Å²) in [7, 11) is 4.22. The molecule has 0 spiro atoms.